The van der Waals surface area contributed by atoms with Gasteiger partial charge in [-0.25, -0.2) is 4.99 Å². The van der Waals surface area contributed by atoms with Crippen molar-refractivity contribution in [3.63, 3.8) is 0 Å². The van der Waals surface area contributed by atoms with E-state index in [0.717, 1.165) is 16.3 Å². The molecule has 0 fully saturated rings. The van der Waals surface area contributed by atoms with Crippen LogP contribution in [0.15, 0.2) is 51.4 Å². The zero-order valence-electron chi connectivity index (χ0n) is 13.2. The number of methoxy groups -OCH3 is 1. The van der Waals surface area contributed by atoms with Crippen LogP contribution >= 0.6 is 34.5 Å². The highest BCUT2D eigenvalue weighted by molar-refractivity contribution is 7.07. The van der Waals surface area contributed by atoms with Crippen LogP contribution in [0, 0.1) is 0 Å². The molecule has 24 heavy (non-hydrogen) atoms. The lowest BCUT2D eigenvalue weighted by molar-refractivity contribution is 0.161. The average Bonchev–Trinajstić information content (AvgIpc) is 3.19. The average molecular weight is 383 g/mol. The summed E-state index contributed by atoms with van der Waals surface area (Å²) in [4.78, 5) is 5.52. The largest absolute Gasteiger partial charge is 0.463 e. The topological polar surface area (TPSA) is 39.7 Å². The van der Waals surface area contributed by atoms with Crippen molar-refractivity contribution in [2.24, 2.45) is 4.99 Å². The Morgan fingerprint density at radius 3 is 2.83 bits per heavy atom. The van der Waals surface area contributed by atoms with E-state index in [0.29, 0.717) is 22.3 Å². The third kappa shape index (κ3) is 3.59. The Labute approximate surface area is 153 Å². The third-order valence-electron chi connectivity index (χ3n) is 3.49. The zero-order valence-corrected chi connectivity index (χ0v) is 15.5. The number of hydrogen-bond donors (Lipinski definition) is 0. The molecule has 7 heteroatoms. The van der Waals surface area contributed by atoms with E-state index in [-0.39, 0.29) is 6.04 Å². The molecule has 0 radical (unpaired) electrons. The Balaban J connectivity index is 2.15. The van der Waals surface area contributed by atoms with E-state index < -0.39 is 0 Å². The maximum absolute atomic E-state index is 6.25. The van der Waals surface area contributed by atoms with Gasteiger partial charge in [-0.05, 0) is 37.3 Å². The maximum Gasteiger partial charge on any atom is 0.190 e. The Morgan fingerprint density at radius 1 is 1.33 bits per heavy atom. The number of ether oxygens (including phenoxy) is 1. The van der Waals surface area contributed by atoms with E-state index in [2.05, 4.69) is 11.5 Å². The van der Waals surface area contributed by atoms with Gasteiger partial charge in [-0.1, -0.05) is 23.2 Å². The van der Waals surface area contributed by atoms with E-state index in [4.69, 9.17) is 37.3 Å². The number of thiazole rings is 1. The summed E-state index contributed by atoms with van der Waals surface area (Å²) >= 11 is 13.7. The Hall–Kier alpha value is -1.53. The van der Waals surface area contributed by atoms with Crippen molar-refractivity contribution in [3.8, 4) is 11.5 Å². The number of benzene rings is 1. The quantitative estimate of drug-likeness (QED) is 0.579. The predicted molar refractivity (Wildman–Crippen MR) is 98.3 cm³/mol. The standard InChI is InChI=1S/C17H16Cl2N2O2S/c1-11(9-22-2)21-15(16-4-3-7-23-16)10-24-17(21)20-14-6-5-12(18)8-13(14)19/h3-8,10-11H,9H2,1-2H3. The van der Waals surface area contributed by atoms with Gasteiger partial charge < -0.3 is 13.7 Å². The van der Waals surface area contributed by atoms with Crippen LogP contribution in [-0.2, 0) is 4.74 Å². The SMILES string of the molecule is COCC(C)n1c(-c2ccco2)csc1=Nc1ccc(Cl)cc1Cl. The molecule has 1 aromatic carbocycles. The highest BCUT2D eigenvalue weighted by Gasteiger charge is 2.16. The number of aromatic nitrogens is 1. The number of nitrogens with zero attached hydrogens (tertiary/aromatic N) is 2. The maximum atomic E-state index is 6.25. The van der Waals surface area contributed by atoms with Crippen molar-refractivity contribution in [3.05, 3.63) is 56.8 Å². The zero-order chi connectivity index (χ0) is 17.1. The summed E-state index contributed by atoms with van der Waals surface area (Å²) in [6.45, 7) is 2.64. The number of rotatable bonds is 5. The normalized spacial score (nSPS) is 13.4. The van der Waals surface area contributed by atoms with E-state index in [1.807, 2.05) is 23.6 Å². The van der Waals surface area contributed by atoms with Gasteiger partial charge in [-0.15, -0.1) is 11.3 Å². The fraction of sp³-hybridized carbons (Fsp3) is 0.235. The van der Waals surface area contributed by atoms with Crippen LogP contribution in [0.1, 0.15) is 13.0 Å². The first-order valence-corrected chi connectivity index (χ1v) is 8.96. The molecule has 3 aromatic rings. The third-order valence-corrected chi connectivity index (χ3v) is 4.87. The first-order chi connectivity index (χ1) is 11.6. The Bertz CT molecular complexity index is 884. The molecule has 0 saturated heterocycles. The van der Waals surface area contributed by atoms with Crippen LogP contribution in [-0.4, -0.2) is 18.3 Å². The lowest BCUT2D eigenvalue weighted by atomic mass is 10.3. The van der Waals surface area contributed by atoms with E-state index in [1.54, 1.807) is 25.5 Å². The monoisotopic (exact) mass is 382 g/mol. The number of hydrogen-bond acceptors (Lipinski definition) is 4. The van der Waals surface area contributed by atoms with Gasteiger partial charge in [0.05, 0.1) is 35.3 Å². The summed E-state index contributed by atoms with van der Waals surface area (Å²) in [6.07, 6.45) is 1.66. The molecule has 126 valence electrons. The summed E-state index contributed by atoms with van der Waals surface area (Å²) < 4.78 is 13.0. The summed E-state index contributed by atoms with van der Waals surface area (Å²) in [5, 5.41) is 3.12. The molecule has 2 aromatic heterocycles. The van der Waals surface area contributed by atoms with Crippen molar-refractivity contribution in [2.75, 3.05) is 13.7 Å². The van der Waals surface area contributed by atoms with Gasteiger partial charge in [0.1, 0.15) is 0 Å². The van der Waals surface area contributed by atoms with Gasteiger partial charge in [0.15, 0.2) is 10.6 Å². The fourth-order valence-electron chi connectivity index (χ4n) is 2.42. The van der Waals surface area contributed by atoms with Crippen LogP contribution in [0.3, 0.4) is 0 Å². The predicted octanol–water partition coefficient (Wildman–Crippen LogP) is 5.56. The van der Waals surface area contributed by atoms with E-state index in [9.17, 15) is 0 Å². The first-order valence-electron chi connectivity index (χ1n) is 7.32. The summed E-state index contributed by atoms with van der Waals surface area (Å²) in [5.74, 6) is 0.790. The molecule has 0 aliphatic carbocycles. The van der Waals surface area contributed by atoms with Gasteiger partial charge in [0.2, 0.25) is 0 Å². The second kappa shape index (κ2) is 7.57. The smallest absolute Gasteiger partial charge is 0.190 e. The second-order valence-electron chi connectivity index (χ2n) is 5.26. The minimum absolute atomic E-state index is 0.0891. The van der Waals surface area contributed by atoms with Crippen molar-refractivity contribution in [1.82, 2.24) is 4.57 Å². The van der Waals surface area contributed by atoms with Crippen LogP contribution in [0.25, 0.3) is 11.5 Å². The Morgan fingerprint density at radius 2 is 2.17 bits per heavy atom. The van der Waals surface area contributed by atoms with Gasteiger partial charge >= 0.3 is 0 Å². The molecule has 0 spiro atoms. The van der Waals surface area contributed by atoms with E-state index in [1.165, 1.54) is 11.3 Å². The molecule has 4 nitrogen and oxygen atoms in total. The molecule has 3 rings (SSSR count). The van der Waals surface area contributed by atoms with Gasteiger partial charge in [-0.2, -0.15) is 0 Å². The molecule has 0 aliphatic rings. The van der Waals surface area contributed by atoms with Crippen molar-refractivity contribution in [2.45, 2.75) is 13.0 Å². The van der Waals surface area contributed by atoms with Crippen molar-refractivity contribution in [1.29, 1.82) is 0 Å². The lowest BCUT2D eigenvalue weighted by Crippen LogP contribution is -2.22. The van der Waals surface area contributed by atoms with Crippen LogP contribution in [0.4, 0.5) is 5.69 Å². The van der Waals surface area contributed by atoms with Gasteiger partial charge in [0, 0.05) is 17.5 Å². The molecule has 0 aliphatic heterocycles. The van der Waals surface area contributed by atoms with Crippen molar-refractivity contribution < 1.29 is 9.15 Å². The molecular formula is C17H16Cl2N2O2S. The van der Waals surface area contributed by atoms with Crippen LogP contribution in [0.2, 0.25) is 10.0 Å². The molecular weight excluding hydrogens is 367 g/mol. The minimum atomic E-state index is 0.0891. The molecule has 2 heterocycles. The minimum Gasteiger partial charge on any atom is -0.463 e. The fourth-order valence-corrected chi connectivity index (χ4v) is 3.86. The molecule has 0 N–H and O–H groups in total. The van der Waals surface area contributed by atoms with Crippen LogP contribution < -0.4 is 4.80 Å². The van der Waals surface area contributed by atoms with Crippen molar-refractivity contribution >= 4 is 40.2 Å². The summed E-state index contributed by atoms with van der Waals surface area (Å²) in [6, 6.07) is 9.15. The molecule has 0 bridgehead atoms. The second-order valence-corrected chi connectivity index (χ2v) is 6.94. The van der Waals surface area contributed by atoms with Crippen LogP contribution in [0.5, 0.6) is 0 Å². The number of halogens is 2. The molecule has 1 unspecified atom stereocenters. The lowest BCUT2D eigenvalue weighted by Gasteiger charge is -2.15. The highest BCUT2D eigenvalue weighted by Crippen LogP contribution is 2.29. The van der Waals surface area contributed by atoms with E-state index >= 15 is 0 Å². The number of furan rings is 1. The van der Waals surface area contributed by atoms with Gasteiger partial charge in [0.25, 0.3) is 0 Å². The first kappa shape index (κ1) is 17.3. The van der Waals surface area contributed by atoms with Gasteiger partial charge in [-0.3, -0.25) is 0 Å². The Kier molecular flexibility index (Phi) is 5.46. The summed E-state index contributed by atoms with van der Waals surface area (Å²) in [5.41, 5.74) is 1.63. The summed E-state index contributed by atoms with van der Waals surface area (Å²) in [7, 11) is 1.68. The molecule has 0 saturated carbocycles. The highest BCUT2D eigenvalue weighted by atomic mass is 35.5. The molecule has 1 atom stereocenters. The molecule has 0 amide bonds.